The molecule has 1 N–H and O–H groups in total. The van der Waals surface area contributed by atoms with Crippen molar-refractivity contribution < 1.29 is 17.6 Å². The van der Waals surface area contributed by atoms with Crippen molar-refractivity contribution in [2.45, 2.75) is 13.1 Å². The van der Waals surface area contributed by atoms with Crippen LogP contribution in [-0.2, 0) is 6.18 Å². The molecule has 0 radical (unpaired) electrons. The lowest BCUT2D eigenvalue weighted by Gasteiger charge is -2.06. The molecule has 80 valence electrons. The summed E-state index contributed by atoms with van der Waals surface area (Å²) in [5, 5.41) is 5.59. The van der Waals surface area contributed by atoms with Crippen molar-refractivity contribution in [1.29, 1.82) is 0 Å². The number of aromatic nitrogens is 2. The predicted octanol–water partition coefficient (Wildman–Crippen LogP) is 1.84. The predicted molar refractivity (Wildman–Crippen MR) is 44.4 cm³/mol. The van der Waals surface area contributed by atoms with Gasteiger partial charge in [0, 0.05) is 11.8 Å². The highest BCUT2D eigenvalue weighted by atomic mass is 19.4. The zero-order valence-electron chi connectivity index (χ0n) is 7.47. The van der Waals surface area contributed by atoms with Gasteiger partial charge in [0.25, 0.3) is 0 Å². The summed E-state index contributed by atoms with van der Waals surface area (Å²) >= 11 is 0. The molecule has 0 aromatic carbocycles. The minimum atomic E-state index is -4.59. The normalized spacial score (nSPS) is 12.3. The summed E-state index contributed by atoms with van der Waals surface area (Å²) in [5.41, 5.74) is -2.21. The van der Waals surface area contributed by atoms with Crippen LogP contribution < -0.4 is 5.63 Å². The van der Waals surface area contributed by atoms with Crippen LogP contribution in [0.5, 0.6) is 0 Å². The van der Waals surface area contributed by atoms with Crippen LogP contribution in [0.4, 0.5) is 13.2 Å². The molecule has 2 rings (SSSR count). The highest BCUT2D eigenvalue weighted by molar-refractivity contribution is 5.80. The Hall–Kier alpha value is -1.79. The molecule has 2 heterocycles. The lowest BCUT2D eigenvalue weighted by atomic mass is 10.1. The molecule has 0 aliphatic heterocycles. The average Bonchev–Trinajstić information content (AvgIpc) is 2.44. The second-order valence-corrected chi connectivity index (χ2v) is 3.01. The standard InChI is InChI=1S/C8H5F3N2O2/c1-3-6-4(8(9,10)11)2-5(14)15-7(6)13-12-3/h2H,1H3,(H,12,13). The number of hydrogen-bond donors (Lipinski definition) is 1. The molecule has 4 nitrogen and oxygen atoms in total. The number of fused-ring (bicyclic) bond motifs is 1. The van der Waals surface area contributed by atoms with E-state index in [1.54, 1.807) is 0 Å². The van der Waals surface area contributed by atoms with Gasteiger partial charge in [-0.15, -0.1) is 5.10 Å². The van der Waals surface area contributed by atoms with Crippen molar-refractivity contribution in [1.82, 2.24) is 10.2 Å². The molecular weight excluding hydrogens is 213 g/mol. The van der Waals surface area contributed by atoms with Crippen LogP contribution in [0.15, 0.2) is 15.3 Å². The largest absolute Gasteiger partial charge is 0.417 e. The van der Waals surface area contributed by atoms with Gasteiger partial charge >= 0.3 is 11.8 Å². The minimum Gasteiger partial charge on any atom is -0.402 e. The summed E-state index contributed by atoms with van der Waals surface area (Å²) in [4.78, 5) is 10.8. The fraction of sp³-hybridized carbons (Fsp3) is 0.250. The van der Waals surface area contributed by atoms with Crippen LogP contribution in [0, 0.1) is 6.92 Å². The number of rotatable bonds is 0. The second kappa shape index (κ2) is 2.85. The molecule has 15 heavy (non-hydrogen) atoms. The topological polar surface area (TPSA) is 58.9 Å². The van der Waals surface area contributed by atoms with Gasteiger partial charge in [-0.25, -0.2) is 4.79 Å². The number of aryl methyl sites for hydroxylation is 1. The van der Waals surface area contributed by atoms with E-state index < -0.39 is 17.4 Å². The van der Waals surface area contributed by atoms with Crippen molar-refractivity contribution in [3.63, 3.8) is 0 Å². The van der Waals surface area contributed by atoms with Crippen LogP contribution in [0.1, 0.15) is 11.3 Å². The Labute approximate surface area is 80.7 Å². The molecule has 0 saturated heterocycles. The first-order chi connectivity index (χ1) is 6.89. The number of nitrogens with one attached hydrogen (secondary N) is 1. The Kier molecular flexibility index (Phi) is 1.85. The highest BCUT2D eigenvalue weighted by Gasteiger charge is 2.35. The van der Waals surface area contributed by atoms with Crippen LogP contribution in [0.3, 0.4) is 0 Å². The maximum absolute atomic E-state index is 12.5. The Balaban J connectivity index is 2.93. The molecule has 0 atom stereocenters. The van der Waals surface area contributed by atoms with E-state index in [0.717, 1.165) is 0 Å². The Bertz CT molecular complexity index is 567. The van der Waals surface area contributed by atoms with E-state index in [9.17, 15) is 18.0 Å². The molecule has 0 aliphatic rings. The second-order valence-electron chi connectivity index (χ2n) is 3.01. The Morgan fingerprint density at radius 3 is 2.73 bits per heavy atom. The van der Waals surface area contributed by atoms with E-state index in [1.165, 1.54) is 6.92 Å². The van der Waals surface area contributed by atoms with Crippen molar-refractivity contribution in [2.75, 3.05) is 0 Å². The van der Waals surface area contributed by atoms with Gasteiger partial charge in [0.2, 0.25) is 5.71 Å². The summed E-state index contributed by atoms with van der Waals surface area (Å²) < 4.78 is 42.1. The molecule has 0 bridgehead atoms. The molecule has 0 fully saturated rings. The van der Waals surface area contributed by atoms with Crippen LogP contribution in [0.25, 0.3) is 11.1 Å². The van der Waals surface area contributed by atoms with Crippen molar-refractivity contribution in [3.8, 4) is 0 Å². The van der Waals surface area contributed by atoms with E-state index >= 15 is 0 Å². The number of aromatic amines is 1. The molecule has 0 spiro atoms. The minimum absolute atomic E-state index is 0.206. The summed E-state index contributed by atoms with van der Waals surface area (Å²) in [6.45, 7) is 1.42. The molecule has 0 amide bonds. The smallest absolute Gasteiger partial charge is 0.402 e. The monoisotopic (exact) mass is 218 g/mol. The quantitative estimate of drug-likeness (QED) is 0.733. The first-order valence-electron chi connectivity index (χ1n) is 3.95. The lowest BCUT2D eigenvalue weighted by Crippen LogP contribution is -2.10. The van der Waals surface area contributed by atoms with Gasteiger partial charge in [-0.1, -0.05) is 0 Å². The molecule has 7 heteroatoms. The summed E-state index contributed by atoms with van der Waals surface area (Å²) in [6.07, 6.45) is -4.59. The zero-order valence-corrected chi connectivity index (χ0v) is 7.47. The molecule has 0 aliphatic carbocycles. The third-order valence-corrected chi connectivity index (χ3v) is 1.95. The first-order valence-corrected chi connectivity index (χ1v) is 3.95. The van der Waals surface area contributed by atoms with E-state index in [4.69, 9.17) is 0 Å². The van der Waals surface area contributed by atoms with Gasteiger partial charge in [0.15, 0.2) is 0 Å². The maximum atomic E-state index is 12.5. The van der Waals surface area contributed by atoms with E-state index in [1.807, 2.05) is 0 Å². The van der Waals surface area contributed by atoms with Crippen molar-refractivity contribution in [2.24, 2.45) is 0 Å². The zero-order chi connectivity index (χ0) is 11.2. The number of halogens is 3. The maximum Gasteiger partial charge on any atom is 0.417 e. The van der Waals surface area contributed by atoms with Crippen molar-refractivity contribution >= 4 is 11.1 Å². The van der Waals surface area contributed by atoms with Crippen LogP contribution in [0.2, 0.25) is 0 Å². The highest BCUT2D eigenvalue weighted by Crippen LogP contribution is 2.34. The van der Waals surface area contributed by atoms with Gasteiger partial charge < -0.3 is 4.42 Å². The molecule has 2 aromatic heterocycles. The average molecular weight is 218 g/mol. The van der Waals surface area contributed by atoms with Gasteiger partial charge in [-0.2, -0.15) is 13.2 Å². The number of alkyl halides is 3. The Morgan fingerprint density at radius 1 is 1.47 bits per heavy atom. The van der Waals surface area contributed by atoms with Crippen LogP contribution >= 0.6 is 0 Å². The Morgan fingerprint density at radius 2 is 2.13 bits per heavy atom. The van der Waals surface area contributed by atoms with Gasteiger partial charge in [0.05, 0.1) is 10.9 Å². The van der Waals surface area contributed by atoms with Crippen molar-refractivity contribution in [3.05, 3.63) is 27.7 Å². The van der Waals surface area contributed by atoms with E-state index in [-0.39, 0.29) is 16.8 Å². The fourth-order valence-electron chi connectivity index (χ4n) is 1.34. The number of hydrogen-bond acceptors (Lipinski definition) is 3. The third kappa shape index (κ3) is 1.49. The van der Waals surface area contributed by atoms with E-state index in [0.29, 0.717) is 6.07 Å². The van der Waals surface area contributed by atoms with Gasteiger partial charge in [-0.05, 0) is 6.92 Å². The molecule has 2 aromatic rings. The van der Waals surface area contributed by atoms with Gasteiger partial charge in [-0.3, -0.25) is 5.10 Å². The molecular formula is C8H5F3N2O2. The molecule has 0 saturated carbocycles. The van der Waals surface area contributed by atoms with E-state index in [2.05, 4.69) is 14.6 Å². The van der Waals surface area contributed by atoms with Crippen LogP contribution in [-0.4, -0.2) is 10.2 Å². The summed E-state index contributed by atoms with van der Waals surface area (Å²) in [7, 11) is 0. The van der Waals surface area contributed by atoms with Gasteiger partial charge in [0.1, 0.15) is 0 Å². The SMILES string of the molecule is Cc1[nH]nc2oc(=O)cc(C(F)(F)F)c12. The summed E-state index contributed by atoms with van der Waals surface area (Å²) in [6, 6.07) is 0.421. The number of nitrogens with zero attached hydrogens (tertiary/aromatic N) is 1. The molecule has 0 unspecified atom stereocenters. The summed E-state index contributed by atoms with van der Waals surface area (Å²) in [5.74, 6) is 0. The lowest BCUT2D eigenvalue weighted by molar-refractivity contribution is -0.136. The number of H-pyrrole nitrogens is 1. The first kappa shape index (κ1) is 9.75. The fourth-order valence-corrected chi connectivity index (χ4v) is 1.34. The third-order valence-electron chi connectivity index (χ3n) is 1.95.